The van der Waals surface area contributed by atoms with Crippen molar-refractivity contribution < 1.29 is 14.5 Å². The van der Waals surface area contributed by atoms with Crippen molar-refractivity contribution in [2.24, 2.45) is 0 Å². The van der Waals surface area contributed by atoms with Crippen molar-refractivity contribution in [1.29, 1.82) is 0 Å². The van der Waals surface area contributed by atoms with Gasteiger partial charge in [-0.1, -0.05) is 23.7 Å². The van der Waals surface area contributed by atoms with Gasteiger partial charge >= 0.3 is 0 Å². The van der Waals surface area contributed by atoms with Crippen LogP contribution in [0.5, 0.6) is 5.75 Å². The van der Waals surface area contributed by atoms with Crippen LogP contribution in [0.1, 0.15) is 35.8 Å². The third kappa shape index (κ3) is 4.23. The molecule has 1 unspecified atom stereocenters. The van der Waals surface area contributed by atoms with Crippen molar-refractivity contribution in [3.63, 3.8) is 0 Å². The minimum atomic E-state index is -0.566. The van der Waals surface area contributed by atoms with Crippen LogP contribution in [0.4, 0.5) is 5.69 Å². The number of benzene rings is 2. The average molecular weight is 349 g/mol. The lowest BCUT2D eigenvalue weighted by molar-refractivity contribution is -0.384. The Hall–Kier alpha value is -2.60. The maximum absolute atomic E-state index is 12.4. The number of rotatable bonds is 6. The topological polar surface area (TPSA) is 81.5 Å². The van der Waals surface area contributed by atoms with Crippen molar-refractivity contribution >= 4 is 23.2 Å². The Morgan fingerprint density at radius 3 is 2.54 bits per heavy atom. The van der Waals surface area contributed by atoms with Gasteiger partial charge in [0.25, 0.3) is 11.6 Å². The predicted octanol–water partition coefficient (Wildman–Crippen LogP) is 4.14. The highest BCUT2D eigenvalue weighted by Gasteiger charge is 2.18. The number of nitrogens with zero attached hydrogens (tertiary/aromatic N) is 1. The summed E-state index contributed by atoms with van der Waals surface area (Å²) in [5.41, 5.74) is 0.773. The number of halogens is 1. The number of hydrogen-bond donors (Lipinski definition) is 1. The van der Waals surface area contributed by atoms with E-state index in [1.54, 1.807) is 0 Å². The second-order valence-electron chi connectivity index (χ2n) is 5.12. The van der Waals surface area contributed by atoms with Gasteiger partial charge < -0.3 is 10.1 Å². The largest absolute Gasteiger partial charge is 0.494 e. The number of hydrogen-bond acceptors (Lipinski definition) is 4. The first kappa shape index (κ1) is 17.7. The molecule has 0 radical (unpaired) electrons. The quantitative estimate of drug-likeness (QED) is 0.628. The first-order valence-electron chi connectivity index (χ1n) is 7.40. The summed E-state index contributed by atoms with van der Waals surface area (Å²) in [4.78, 5) is 22.6. The molecule has 0 saturated heterocycles. The molecule has 2 aromatic carbocycles. The molecule has 6 nitrogen and oxygen atoms in total. The number of carbonyl (C=O) groups is 1. The minimum absolute atomic E-state index is 0.0728. The van der Waals surface area contributed by atoms with E-state index >= 15 is 0 Å². The van der Waals surface area contributed by atoms with Crippen LogP contribution < -0.4 is 10.1 Å². The molecule has 0 heterocycles. The Morgan fingerprint density at radius 1 is 1.29 bits per heavy atom. The van der Waals surface area contributed by atoms with E-state index in [1.807, 2.05) is 38.1 Å². The molecule has 0 aromatic heterocycles. The standard InChI is InChI=1S/C17H17ClN2O4/c1-3-24-14-7-4-12(5-8-14)11(2)19-17(21)15-10-13(20(22)23)6-9-16(15)18/h4-11H,3H2,1-2H3,(H,19,21). The second-order valence-corrected chi connectivity index (χ2v) is 5.53. The molecule has 0 bridgehead atoms. The second kappa shape index (κ2) is 7.79. The van der Waals surface area contributed by atoms with Crippen LogP contribution in [-0.2, 0) is 0 Å². The molecule has 1 N–H and O–H groups in total. The molecule has 0 fully saturated rings. The number of non-ortho nitro benzene ring substituents is 1. The smallest absolute Gasteiger partial charge is 0.270 e. The molecule has 0 aliphatic heterocycles. The zero-order valence-corrected chi connectivity index (χ0v) is 14.0. The van der Waals surface area contributed by atoms with Gasteiger partial charge in [-0.25, -0.2) is 0 Å². The van der Waals surface area contributed by atoms with Crippen LogP contribution in [0.2, 0.25) is 5.02 Å². The van der Waals surface area contributed by atoms with E-state index in [2.05, 4.69) is 5.32 Å². The van der Waals surface area contributed by atoms with Crippen LogP contribution in [0.3, 0.4) is 0 Å². The van der Waals surface area contributed by atoms with Gasteiger partial charge in [0.05, 0.1) is 28.2 Å². The van der Waals surface area contributed by atoms with Crippen molar-refractivity contribution in [3.05, 3.63) is 68.7 Å². The highest BCUT2D eigenvalue weighted by atomic mass is 35.5. The lowest BCUT2D eigenvalue weighted by atomic mass is 10.1. The maximum atomic E-state index is 12.4. The van der Waals surface area contributed by atoms with Gasteiger partial charge in [-0.05, 0) is 37.6 Å². The van der Waals surface area contributed by atoms with Gasteiger partial charge in [-0.3, -0.25) is 14.9 Å². The SMILES string of the molecule is CCOc1ccc(C(C)NC(=O)c2cc([N+](=O)[O-])ccc2Cl)cc1. The number of carbonyl (C=O) groups excluding carboxylic acids is 1. The Morgan fingerprint density at radius 2 is 1.96 bits per heavy atom. The van der Waals surface area contributed by atoms with E-state index in [4.69, 9.17) is 16.3 Å². The molecule has 7 heteroatoms. The van der Waals surface area contributed by atoms with E-state index in [-0.39, 0.29) is 22.3 Å². The van der Waals surface area contributed by atoms with Gasteiger partial charge in [0, 0.05) is 12.1 Å². The molecular formula is C17H17ClN2O4. The van der Waals surface area contributed by atoms with Crippen molar-refractivity contribution in [2.75, 3.05) is 6.61 Å². The summed E-state index contributed by atoms with van der Waals surface area (Å²) in [5.74, 6) is 0.284. The molecule has 1 atom stereocenters. The fraction of sp³-hybridized carbons (Fsp3) is 0.235. The van der Waals surface area contributed by atoms with E-state index in [1.165, 1.54) is 18.2 Å². The number of ether oxygens (including phenoxy) is 1. The zero-order valence-electron chi connectivity index (χ0n) is 13.3. The number of nitro benzene ring substituents is 1. The molecule has 2 aromatic rings. The van der Waals surface area contributed by atoms with Crippen LogP contribution in [0.25, 0.3) is 0 Å². The summed E-state index contributed by atoms with van der Waals surface area (Å²) in [7, 11) is 0. The lowest BCUT2D eigenvalue weighted by Gasteiger charge is -2.15. The van der Waals surface area contributed by atoms with E-state index in [0.717, 1.165) is 11.3 Å². The first-order chi connectivity index (χ1) is 11.4. The predicted molar refractivity (Wildman–Crippen MR) is 91.6 cm³/mol. The summed E-state index contributed by atoms with van der Waals surface area (Å²) in [6.07, 6.45) is 0. The fourth-order valence-electron chi connectivity index (χ4n) is 2.18. The number of nitro groups is 1. The maximum Gasteiger partial charge on any atom is 0.270 e. The molecule has 126 valence electrons. The van der Waals surface area contributed by atoms with Gasteiger partial charge in [0.2, 0.25) is 0 Å². The lowest BCUT2D eigenvalue weighted by Crippen LogP contribution is -2.27. The molecule has 2 rings (SSSR count). The van der Waals surface area contributed by atoms with Crippen molar-refractivity contribution in [1.82, 2.24) is 5.32 Å². The van der Waals surface area contributed by atoms with E-state index in [9.17, 15) is 14.9 Å². The fourth-order valence-corrected chi connectivity index (χ4v) is 2.38. The van der Waals surface area contributed by atoms with Gasteiger partial charge in [0.1, 0.15) is 5.75 Å². The molecule has 0 aliphatic rings. The Balaban J connectivity index is 2.13. The molecule has 0 saturated carbocycles. The number of nitrogens with one attached hydrogen (secondary N) is 1. The van der Waals surface area contributed by atoms with E-state index in [0.29, 0.717) is 6.61 Å². The van der Waals surface area contributed by atoms with Gasteiger partial charge in [-0.2, -0.15) is 0 Å². The highest BCUT2D eigenvalue weighted by Crippen LogP contribution is 2.23. The molecule has 24 heavy (non-hydrogen) atoms. The van der Waals surface area contributed by atoms with Crippen LogP contribution in [0, 0.1) is 10.1 Å². The monoisotopic (exact) mass is 348 g/mol. The summed E-state index contributed by atoms with van der Waals surface area (Å²) in [6.45, 7) is 4.30. The highest BCUT2D eigenvalue weighted by molar-refractivity contribution is 6.33. The molecule has 0 spiro atoms. The Labute approximate surface area is 144 Å². The Kier molecular flexibility index (Phi) is 5.76. The summed E-state index contributed by atoms with van der Waals surface area (Å²) >= 11 is 5.98. The van der Waals surface area contributed by atoms with Crippen molar-refractivity contribution in [3.8, 4) is 5.75 Å². The average Bonchev–Trinajstić information content (AvgIpc) is 2.55. The van der Waals surface area contributed by atoms with Gasteiger partial charge in [-0.15, -0.1) is 0 Å². The third-order valence-electron chi connectivity index (χ3n) is 3.44. The van der Waals surface area contributed by atoms with Crippen LogP contribution in [-0.4, -0.2) is 17.4 Å². The normalized spacial score (nSPS) is 11.6. The van der Waals surface area contributed by atoms with Gasteiger partial charge in [0.15, 0.2) is 0 Å². The Bertz CT molecular complexity index is 747. The van der Waals surface area contributed by atoms with Crippen molar-refractivity contribution in [2.45, 2.75) is 19.9 Å². The summed E-state index contributed by atoms with van der Waals surface area (Å²) in [5, 5.41) is 13.8. The summed E-state index contributed by atoms with van der Waals surface area (Å²) < 4.78 is 5.37. The minimum Gasteiger partial charge on any atom is -0.494 e. The summed E-state index contributed by atoms with van der Waals surface area (Å²) in [6, 6.07) is 10.8. The zero-order chi connectivity index (χ0) is 17.7. The molecule has 1 amide bonds. The molecular weight excluding hydrogens is 332 g/mol. The third-order valence-corrected chi connectivity index (χ3v) is 3.77. The molecule has 0 aliphatic carbocycles. The number of amides is 1. The van der Waals surface area contributed by atoms with Crippen LogP contribution in [0.15, 0.2) is 42.5 Å². The first-order valence-corrected chi connectivity index (χ1v) is 7.77. The van der Waals surface area contributed by atoms with Crippen LogP contribution >= 0.6 is 11.6 Å². The van der Waals surface area contributed by atoms with E-state index < -0.39 is 10.8 Å².